The van der Waals surface area contributed by atoms with Crippen LogP contribution < -0.4 is 10.1 Å². The Morgan fingerprint density at radius 3 is 2.52 bits per heavy atom. The van der Waals surface area contributed by atoms with Crippen molar-refractivity contribution < 1.29 is 14.5 Å². The minimum atomic E-state index is -0.511. The Balaban J connectivity index is 1.90. The standard InChI is InChI=1S/C17H18N2O4/c1-12(2)13-6-8-14(9-7-13)18-17(20)11-23-16-5-3-4-15(10-16)19(21)22/h3-10,12H,11H2,1-2H3,(H,18,20). The predicted octanol–water partition coefficient (Wildman–Crippen LogP) is 3.74. The molecule has 6 nitrogen and oxygen atoms in total. The molecule has 0 aliphatic rings. The molecule has 0 saturated heterocycles. The molecule has 0 spiro atoms. The first-order chi connectivity index (χ1) is 11.0. The van der Waals surface area contributed by atoms with E-state index in [1.807, 2.05) is 24.3 Å². The largest absolute Gasteiger partial charge is 0.484 e. The fourth-order valence-electron chi connectivity index (χ4n) is 1.98. The molecule has 23 heavy (non-hydrogen) atoms. The predicted molar refractivity (Wildman–Crippen MR) is 87.8 cm³/mol. The molecule has 0 radical (unpaired) electrons. The minimum absolute atomic E-state index is 0.0767. The molecule has 1 amide bonds. The van der Waals surface area contributed by atoms with E-state index in [-0.39, 0.29) is 24.0 Å². The Hall–Kier alpha value is -2.89. The maximum absolute atomic E-state index is 11.9. The van der Waals surface area contributed by atoms with Gasteiger partial charge in [0.2, 0.25) is 0 Å². The summed E-state index contributed by atoms with van der Waals surface area (Å²) < 4.78 is 5.28. The van der Waals surface area contributed by atoms with Crippen molar-refractivity contribution in [3.05, 3.63) is 64.2 Å². The number of nitro benzene ring substituents is 1. The minimum Gasteiger partial charge on any atom is -0.484 e. The third-order valence-corrected chi connectivity index (χ3v) is 3.26. The van der Waals surface area contributed by atoms with E-state index in [0.29, 0.717) is 11.6 Å². The van der Waals surface area contributed by atoms with Crippen LogP contribution >= 0.6 is 0 Å². The van der Waals surface area contributed by atoms with E-state index in [2.05, 4.69) is 19.2 Å². The molecule has 2 aromatic rings. The third kappa shape index (κ3) is 4.81. The topological polar surface area (TPSA) is 81.5 Å². The summed E-state index contributed by atoms with van der Waals surface area (Å²) >= 11 is 0. The lowest BCUT2D eigenvalue weighted by Crippen LogP contribution is -2.20. The number of amides is 1. The van der Waals surface area contributed by atoms with Crippen LogP contribution in [0.15, 0.2) is 48.5 Å². The number of carbonyl (C=O) groups excluding carboxylic acids is 1. The first kappa shape index (κ1) is 16.5. The summed E-state index contributed by atoms with van der Waals surface area (Å²) in [5.41, 5.74) is 1.80. The maximum Gasteiger partial charge on any atom is 0.273 e. The SMILES string of the molecule is CC(C)c1ccc(NC(=O)COc2cccc([N+](=O)[O-])c2)cc1. The van der Waals surface area contributed by atoms with Crippen LogP contribution in [0, 0.1) is 10.1 Å². The Bertz CT molecular complexity index is 696. The number of anilines is 1. The fraction of sp³-hybridized carbons (Fsp3) is 0.235. The van der Waals surface area contributed by atoms with Gasteiger partial charge in [0.1, 0.15) is 5.75 Å². The average Bonchev–Trinajstić information content (AvgIpc) is 2.53. The number of benzene rings is 2. The molecule has 2 aromatic carbocycles. The molecule has 0 aliphatic carbocycles. The number of nitro groups is 1. The van der Waals surface area contributed by atoms with Gasteiger partial charge >= 0.3 is 0 Å². The monoisotopic (exact) mass is 314 g/mol. The molecule has 1 N–H and O–H groups in total. The highest BCUT2D eigenvalue weighted by molar-refractivity contribution is 5.91. The number of non-ortho nitro benzene ring substituents is 1. The van der Waals surface area contributed by atoms with Crippen molar-refractivity contribution in [2.24, 2.45) is 0 Å². The first-order valence-electron chi connectivity index (χ1n) is 7.23. The van der Waals surface area contributed by atoms with Gasteiger partial charge in [0.05, 0.1) is 11.0 Å². The Kier molecular flexibility index (Phi) is 5.30. The highest BCUT2D eigenvalue weighted by Gasteiger charge is 2.08. The number of nitrogens with zero attached hydrogens (tertiary/aromatic N) is 1. The van der Waals surface area contributed by atoms with Crippen molar-refractivity contribution in [2.75, 3.05) is 11.9 Å². The Labute approximate surface area is 134 Å². The van der Waals surface area contributed by atoms with Crippen molar-refractivity contribution >= 4 is 17.3 Å². The Morgan fingerprint density at radius 1 is 1.22 bits per heavy atom. The van der Waals surface area contributed by atoms with E-state index >= 15 is 0 Å². The van der Waals surface area contributed by atoms with Gasteiger partial charge in [-0.3, -0.25) is 14.9 Å². The lowest BCUT2D eigenvalue weighted by atomic mass is 10.0. The second-order valence-electron chi connectivity index (χ2n) is 5.37. The summed E-state index contributed by atoms with van der Waals surface area (Å²) in [5, 5.41) is 13.4. The lowest BCUT2D eigenvalue weighted by Gasteiger charge is -2.09. The number of carbonyl (C=O) groups is 1. The zero-order chi connectivity index (χ0) is 16.8. The smallest absolute Gasteiger partial charge is 0.273 e. The molecule has 2 rings (SSSR count). The molecular formula is C17H18N2O4. The average molecular weight is 314 g/mol. The van der Waals surface area contributed by atoms with Gasteiger partial charge in [0.25, 0.3) is 11.6 Å². The molecule has 0 heterocycles. The van der Waals surface area contributed by atoms with Gasteiger partial charge in [-0.05, 0) is 29.7 Å². The van der Waals surface area contributed by atoms with Crippen molar-refractivity contribution in [1.82, 2.24) is 0 Å². The molecule has 0 atom stereocenters. The van der Waals surface area contributed by atoms with Crippen LogP contribution in [0.1, 0.15) is 25.3 Å². The molecular weight excluding hydrogens is 296 g/mol. The van der Waals surface area contributed by atoms with Crippen LogP contribution in [0.25, 0.3) is 0 Å². The highest BCUT2D eigenvalue weighted by atomic mass is 16.6. The summed E-state index contributed by atoms with van der Waals surface area (Å²) in [7, 11) is 0. The van der Waals surface area contributed by atoms with Gasteiger partial charge in [0.15, 0.2) is 6.61 Å². The van der Waals surface area contributed by atoms with Crippen molar-refractivity contribution in [2.45, 2.75) is 19.8 Å². The van der Waals surface area contributed by atoms with Gasteiger partial charge in [-0.15, -0.1) is 0 Å². The van der Waals surface area contributed by atoms with Gasteiger partial charge in [-0.25, -0.2) is 0 Å². The summed E-state index contributed by atoms with van der Waals surface area (Å²) in [5.74, 6) is 0.385. The van der Waals surface area contributed by atoms with E-state index in [1.165, 1.54) is 23.8 Å². The van der Waals surface area contributed by atoms with Crippen LogP contribution in [0.3, 0.4) is 0 Å². The number of hydrogen-bond acceptors (Lipinski definition) is 4. The van der Waals surface area contributed by atoms with E-state index in [1.54, 1.807) is 6.07 Å². The van der Waals surface area contributed by atoms with Gasteiger partial charge < -0.3 is 10.1 Å². The van der Waals surface area contributed by atoms with Crippen LogP contribution in [-0.2, 0) is 4.79 Å². The normalized spacial score (nSPS) is 10.4. The molecule has 120 valence electrons. The zero-order valence-corrected chi connectivity index (χ0v) is 13.0. The van der Waals surface area contributed by atoms with Crippen LogP contribution in [0.2, 0.25) is 0 Å². The highest BCUT2D eigenvalue weighted by Crippen LogP contribution is 2.19. The molecule has 0 bridgehead atoms. The second-order valence-corrected chi connectivity index (χ2v) is 5.37. The molecule has 0 saturated carbocycles. The summed E-state index contributed by atoms with van der Waals surface area (Å²) in [6, 6.07) is 13.3. The summed E-state index contributed by atoms with van der Waals surface area (Å²) in [6.07, 6.45) is 0. The van der Waals surface area contributed by atoms with E-state index in [9.17, 15) is 14.9 Å². The van der Waals surface area contributed by atoms with Crippen molar-refractivity contribution in [3.63, 3.8) is 0 Å². The fourth-order valence-corrected chi connectivity index (χ4v) is 1.98. The Morgan fingerprint density at radius 2 is 1.91 bits per heavy atom. The molecule has 0 aromatic heterocycles. The van der Waals surface area contributed by atoms with Crippen molar-refractivity contribution in [1.29, 1.82) is 0 Å². The number of rotatable bonds is 6. The molecule has 0 aliphatic heterocycles. The van der Waals surface area contributed by atoms with Crippen LogP contribution in [0.4, 0.5) is 11.4 Å². The number of ether oxygens (including phenoxy) is 1. The van der Waals surface area contributed by atoms with E-state index in [0.717, 1.165) is 0 Å². The second kappa shape index (κ2) is 7.40. The maximum atomic E-state index is 11.9. The quantitative estimate of drug-likeness (QED) is 0.650. The van der Waals surface area contributed by atoms with Crippen LogP contribution in [-0.4, -0.2) is 17.4 Å². The van der Waals surface area contributed by atoms with Crippen molar-refractivity contribution in [3.8, 4) is 5.75 Å². The van der Waals surface area contributed by atoms with E-state index in [4.69, 9.17) is 4.74 Å². The molecule has 0 unspecified atom stereocenters. The lowest BCUT2D eigenvalue weighted by molar-refractivity contribution is -0.384. The first-order valence-corrected chi connectivity index (χ1v) is 7.23. The zero-order valence-electron chi connectivity index (χ0n) is 13.0. The van der Waals surface area contributed by atoms with Gasteiger partial charge in [0, 0.05) is 11.8 Å². The number of nitrogens with one attached hydrogen (secondary N) is 1. The third-order valence-electron chi connectivity index (χ3n) is 3.26. The summed E-state index contributed by atoms with van der Waals surface area (Å²) in [6.45, 7) is 3.98. The van der Waals surface area contributed by atoms with Gasteiger partial charge in [-0.1, -0.05) is 32.0 Å². The van der Waals surface area contributed by atoms with Crippen LogP contribution in [0.5, 0.6) is 5.75 Å². The number of hydrogen-bond donors (Lipinski definition) is 1. The molecule has 0 fully saturated rings. The van der Waals surface area contributed by atoms with Gasteiger partial charge in [-0.2, -0.15) is 0 Å². The summed E-state index contributed by atoms with van der Waals surface area (Å²) in [4.78, 5) is 22.0. The molecule has 6 heteroatoms. The van der Waals surface area contributed by atoms with E-state index < -0.39 is 4.92 Å².